The number of halogens is 1. The number of hydrogen-bond acceptors (Lipinski definition) is 8. The van der Waals surface area contributed by atoms with E-state index in [0.717, 1.165) is 4.90 Å². The van der Waals surface area contributed by atoms with E-state index in [1.54, 1.807) is 19.1 Å². The Kier molecular flexibility index (Phi) is 7.16. The number of esters is 1. The number of nitrogens with zero attached hydrogens (tertiary/aromatic N) is 1. The average Bonchev–Trinajstić information content (AvgIpc) is 3.26. The largest absolute Gasteiger partial charge is 0.493 e. The lowest BCUT2D eigenvalue weighted by molar-refractivity contribution is -0.145. The maximum Gasteiger partial charge on any atom is 0.344 e. The molecule has 1 aromatic carbocycles. The van der Waals surface area contributed by atoms with E-state index in [4.69, 9.17) is 30.2 Å². The summed E-state index contributed by atoms with van der Waals surface area (Å²) in [6.07, 6.45) is 2.67. The lowest BCUT2D eigenvalue weighted by Gasteiger charge is -2.25. The summed E-state index contributed by atoms with van der Waals surface area (Å²) in [6, 6.07) is 5.24. The zero-order chi connectivity index (χ0) is 23.3. The molecule has 0 radical (unpaired) electrons. The van der Waals surface area contributed by atoms with Crippen molar-refractivity contribution in [2.45, 2.75) is 13.5 Å². The summed E-state index contributed by atoms with van der Waals surface area (Å²) in [6.45, 7) is 1.34. The van der Waals surface area contributed by atoms with Gasteiger partial charge in [0.25, 0.3) is 11.8 Å². The molecule has 3 rings (SSSR count). The van der Waals surface area contributed by atoms with Crippen LogP contribution in [-0.4, -0.2) is 49.0 Å². The third-order valence-electron chi connectivity index (χ3n) is 4.28. The van der Waals surface area contributed by atoms with Crippen molar-refractivity contribution in [3.8, 4) is 11.5 Å². The first kappa shape index (κ1) is 22.9. The number of imide groups is 2. The molecule has 10 nitrogen and oxygen atoms in total. The third kappa shape index (κ3) is 5.09. The van der Waals surface area contributed by atoms with Crippen LogP contribution in [0.4, 0.5) is 4.79 Å². The van der Waals surface area contributed by atoms with E-state index in [-0.39, 0.29) is 41.9 Å². The second-order valence-electron chi connectivity index (χ2n) is 6.42. The molecule has 1 aliphatic rings. The zero-order valence-corrected chi connectivity index (χ0v) is 17.9. The first-order chi connectivity index (χ1) is 15.3. The van der Waals surface area contributed by atoms with Crippen LogP contribution in [0.3, 0.4) is 0 Å². The molecule has 0 saturated carbocycles. The van der Waals surface area contributed by atoms with E-state index in [1.165, 1.54) is 31.6 Å². The number of carbonyl (C=O) groups is 4. The molecule has 0 unspecified atom stereocenters. The molecular weight excluding hydrogens is 444 g/mol. The van der Waals surface area contributed by atoms with E-state index in [2.05, 4.69) is 5.32 Å². The van der Waals surface area contributed by atoms with E-state index in [9.17, 15) is 19.2 Å². The van der Waals surface area contributed by atoms with Crippen molar-refractivity contribution < 1.29 is 37.8 Å². The molecule has 2 aromatic rings. The number of furan rings is 1. The van der Waals surface area contributed by atoms with Crippen molar-refractivity contribution in [2.75, 3.05) is 20.3 Å². The number of barbiturate groups is 1. The highest BCUT2D eigenvalue weighted by Crippen LogP contribution is 2.37. The van der Waals surface area contributed by atoms with Crippen LogP contribution < -0.4 is 14.8 Å². The van der Waals surface area contributed by atoms with Gasteiger partial charge in [0.05, 0.1) is 31.5 Å². The van der Waals surface area contributed by atoms with Gasteiger partial charge in [0, 0.05) is 0 Å². The van der Waals surface area contributed by atoms with Gasteiger partial charge in [0.15, 0.2) is 18.1 Å². The van der Waals surface area contributed by atoms with E-state index < -0.39 is 23.8 Å². The maximum absolute atomic E-state index is 12.8. The quantitative estimate of drug-likeness (QED) is 0.360. The van der Waals surface area contributed by atoms with Gasteiger partial charge in [0.2, 0.25) is 0 Å². The molecule has 1 N–H and O–H groups in total. The highest BCUT2D eigenvalue weighted by atomic mass is 35.5. The molecule has 1 saturated heterocycles. The fraction of sp³-hybridized carbons (Fsp3) is 0.238. The fourth-order valence-corrected chi connectivity index (χ4v) is 3.13. The SMILES string of the molecule is CCOC(=O)COc1c(Cl)cc(C=C2C(=O)NC(=O)N(Cc3ccco3)C2=O)cc1OC. The van der Waals surface area contributed by atoms with Crippen LogP contribution in [-0.2, 0) is 25.7 Å². The summed E-state index contributed by atoms with van der Waals surface area (Å²) < 4.78 is 20.6. The van der Waals surface area contributed by atoms with Gasteiger partial charge in [0.1, 0.15) is 11.3 Å². The van der Waals surface area contributed by atoms with Crippen LogP contribution in [0.15, 0.2) is 40.5 Å². The standard InChI is InChI=1S/C21H19ClN2O8/c1-3-30-17(25)11-32-18-15(22)8-12(9-16(18)29-2)7-14-19(26)23-21(28)24(20(14)27)10-13-5-4-6-31-13/h4-9H,3,10-11H2,1-2H3,(H,23,26,28). The Morgan fingerprint density at radius 2 is 2.06 bits per heavy atom. The molecule has 0 atom stereocenters. The highest BCUT2D eigenvalue weighted by molar-refractivity contribution is 6.33. The van der Waals surface area contributed by atoms with Gasteiger partial charge in [-0.05, 0) is 42.8 Å². The molecular formula is C21H19ClN2O8. The summed E-state index contributed by atoms with van der Waals surface area (Å²) in [5.74, 6) is -1.60. The van der Waals surface area contributed by atoms with Crippen LogP contribution in [0.25, 0.3) is 6.08 Å². The fourth-order valence-electron chi connectivity index (χ4n) is 2.86. The molecule has 0 spiro atoms. The number of carbonyl (C=O) groups excluding carboxylic acids is 4. The minimum Gasteiger partial charge on any atom is -0.493 e. The van der Waals surface area contributed by atoms with Crippen LogP contribution in [0.2, 0.25) is 5.02 Å². The Morgan fingerprint density at radius 3 is 2.72 bits per heavy atom. The number of methoxy groups -OCH3 is 1. The predicted molar refractivity (Wildman–Crippen MR) is 111 cm³/mol. The Bertz CT molecular complexity index is 1080. The summed E-state index contributed by atoms with van der Waals surface area (Å²) in [5, 5.41) is 2.20. The van der Waals surface area contributed by atoms with E-state index in [0.29, 0.717) is 11.3 Å². The molecule has 32 heavy (non-hydrogen) atoms. The molecule has 2 heterocycles. The number of hydrogen-bond donors (Lipinski definition) is 1. The summed E-state index contributed by atoms with van der Waals surface area (Å²) >= 11 is 6.26. The van der Waals surface area contributed by atoms with Crippen LogP contribution in [0.1, 0.15) is 18.2 Å². The minimum atomic E-state index is -0.855. The van der Waals surface area contributed by atoms with Crippen molar-refractivity contribution in [1.29, 1.82) is 0 Å². The minimum absolute atomic E-state index is 0.0766. The van der Waals surface area contributed by atoms with Gasteiger partial charge in [-0.25, -0.2) is 9.59 Å². The second-order valence-corrected chi connectivity index (χ2v) is 6.82. The molecule has 0 bridgehead atoms. The average molecular weight is 463 g/mol. The van der Waals surface area contributed by atoms with Gasteiger partial charge in [-0.15, -0.1) is 0 Å². The van der Waals surface area contributed by atoms with Crippen molar-refractivity contribution >= 4 is 41.5 Å². The number of urea groups is 1. The number of nitrogens with one attached hydrogen (secondary N) is 1. The first-order valence-corrected chi connectivity index (χ1v) is 9.79. The van der Waals surface area contributed by atoms with Crippen LogP contribution in [0.5, 0.6) is 11.5 Å². The second kappa shape index (κ2) is 10.0. The molecule has 1 aliphatic heterocycles. The molecule has 4 amide bonds. The smallest absolute Gasteiger partial charge is 0.344 e. The van der Waals surface area contributed by atoms with E-state index >= 15 is 0 Å². The van der Waals surface area contributed by atoms with E-state index in [1.807, 2.05) is 0 Å². The lowest BCUT2D eigenvalue weighted by Crippen LogP contribution is -2.53. The normalized spacial score (nSPS) is 15.0. The summed E-state index contributed by atoms with van der Waals surface area (Å²) in [5.41, 5.74) is 0.0515. The molecule has 1 fully saturated rings. The van der Waals surface area contributed by atoms with Crippen molar-refractivity contribution in [3.05, 3.63) is 52.4 Å². The number of amides is 4. The maximum atomic E-state index is 12.8. The van der Waals surface area contributed by atoms with Gasteiger partial charge in [-0.1, -0.05) is 11.6 Å². The van der Waals surface area contributed by atoms with Crippen molar-refractivity contribution in [2.24, 2.45) is 0 Å². The Balaban J connectivity index is 1.87. The Morgan fingerprint density at radius 1 is 1.28 bits per heavy atom. The number of ether oxygens (including phenoxy) is 3. The van der Waals surface area contributed by atoms with Gasteiger partial charge >= 0.3 is 12.0 Å². The number of benzene rings is 1. The Hall–Kier alpha value is -3.79. The molecule has 11 heteroatoms. The van der Waals surface area contributed by atoms with Crippen LogP contribution >= 0.6 is 11.6 Å². The predicted octanol–water partition coefficient (Wildman–Crippen LogP) is 2.55. The Labute approximate surface area is 187 Å². The van der Waals surface area contributed by atoms with Gasteiger partial charge in [-0.3, -0.25) is 19.8 Å². The number of rotatable bonds is 8. The van der Waals surface area contributed by atoms with Crippen molar-refractivity contribution in [1.82, 2.24) is 10.2 Å². The lowest BCUT2D eigenvalue weighted by atomic mass is 10.1. The monoisotopic (exact) mass is 462 g/mol. The van der Waals surface area contributed by atoms with Crippen molar-refractivity contribution in [3.63, 3.8) is 0 Å². The third-order valence-corrected chi connectivity index (χ3v) is 4.56. The first-order valence-electron chi connectivity index (χ1n) is 9.41. The van der Waals surface area contributed by atoms with Gasteiger partial charge in [-0.2, -0.15) is 0 Å². The summed E-state index contributed by atoms with van der Waals surface area (Å²) in [7, 11) is 1.36. The zero-order valence-electron chi connectivity index (χ0n) is 17.2. The molecule has 0 aliphatic carbocycles. The van der Waals surface area contributed by atoms with Gasteiger partial charge < -0.3 is 18.6 Å². The molecule has 1 aromatic heterocycles. The molecule has 168 valence electrons. The topological polar surface area (TPSA) is 124 Å². The highest BCUT2D eigenvalue weighted by Gasteiger charge is 2.36. The van der Waals surface area contributed by atoms with Crippen LogP contribution in [0, 0.1) is 0 Å². The summed E-state index contributed by atoms with van der Waals surface area (Å²) in [4.78, 5) is 49.6.